The Labute approximate surface area is 289 Å². The van der Waals surface area contributed by atoms with Crippen molar-refractivity contribution in [1.82, 2.24) is 9.13 Å². The number of fused-ring (bicyclic) bond motifs is 6. The maximum atomic E-state index is 10.4. The molecule has 0 amide bonds. The zero-order chi connectivity index (χ0) is 33.8. The predicted octanol–water partition coefficient (Wildman–Crippen LogP) is 10.6. The molecule has 0 aliphatic heterocycles. The number of nitriles is 3. The summed E-state index contributed by atoms with van der Waals surface area (Å²) in [5.41, 5.74) is 12.7. The lowest BCUT2D eigenvalue weighted by atomic mass is 9.82. The summed E-state index contributed by atoms with van der Waals surface area (Å²) in [6.07, 6.45) is 8.24. The van der Waals surface area contributed by atoms with Crippen molar-refractivity contribution in [3.05, 3.63) is 161 Å². The molecule has 2 heterocycles. The number of hydrogen-bond acceptors (Lipinski definition) is 3. The van der Waals surface area contributed by atoms with E-state index in [0.29, 0.717) is 24.0 Å². The number of para-hydroxylation sites is 4. The molecule has 234 valence electrons. The lowest BCUT2D eigenvalue weighted by molar-refractivity contribution is 0.832. The summed E-state index contributed by atoms with van der Waals surface area (Å²) in [5.74, 6) is -0.155. The zero-order valence-corrected chi connectivity index (χ0v) is 27.1. The lowest BCUT2D eigenvalue weighted by Gasteiger charge is -2.26. The van der Waals surface area contributed by atoms with Gasteiger partial charge in [-0.2, -0.15) is 15.8 Å². The molecule has 50 heavy (non-hydrogen) atoms. The van der Waals surface area contributed by atoms with Gasteiger partial charge in [0.25, 0.3) is 0 Å². The molecule has 0 bridgehead atoms. The third-order valence-electron chi connectivity index (χ3n) is 10.3. The summed E-state index contributed by atoms with van der Waals surface area (Å²) in [4.78, 5) is 0. The van der Waals surface area contributed by atoms with E-state index >= 15 is 0 Å². The van der Waals surface area contributed by atoms with E-state index in [4.69, 9.17) is 0 Å². The van der Waals surface area contributed by atoms with Crippen LogP contribution >= 0.6 is 0 Å². The molecule has 0 radical (unpaired) electrons. The third-order valence-corrected chi connectivity index (χ3v) is 10.3. The highest BCUT2D eigenvalue weighted by Gasteiger charge is 2.27. The van der Waals surface area contributed by atoms with Crippen LogP contribution in [0.5, 0.6) is 0 Å². The fraction of sp³-hybridized carbons (Fsp3) is 0.0889. The molecule has 0 fully saturated rings. The highest BCUT2D eigenvalue weighted by atomic mass is 15.0. The van der Waals surface area contributed by atoms with Crippen LogP contribution in [0.3, 0.4) is 0 Å². The second-order valence-electron chi connectivity index (χ2n) is 13.0. The lowest BCUT2D eigenvalue weighted by Crippen LogP contribution is -2.10. The van der Waals surface area contributed by atoms with Gasteiger partial charge in [-0.05, 0) is 78.9 Å². The Morgan fingerprint density at radius 1 is 0.580 bits per heavy atom. The number of nitrogens with zero attached hydrogens (tertiary/aromatic N) is 5. The van der Waals surface area contributed by atoms with Crippen LogP contribution in [0.15, 0.2) is 139 Å². The first-order chi connectivity index (χ1) is 24.7. The summed E-state index contributed by atoms with van der Waals surface area (Å²) in [6.45, 7) is 0. The van der Waals surface area contributed by atoms with E-state index in [1.807, 2.05) is 24.3 Å². The predicted molar refractivity (Wildman–Crippen MR) is 200 cm³/mol. The van der Waals surface area contributed by atoms with Gasteiger partial charge < -0.3 is 9.13 Å². The van der Waals surface area contributed by atoms with Crippen molar-refractivity contribution in [3.63, 3.8) is 0 Å². The standard InChI is InChI=1S/C45H29N5/c46-26-29-17-19-34(35-9-1-7-15-43(35)50-44-16-8-4-12-38(44)40-24-30(27-47)18-20-45(40)50)39(23-29)32-21-31(28-48)22-33(25-32)49-41-13-5-2-10-36(41)37-11-3-6-14-42(37)49/h1-17,19,21-24,32H,18,20,25H2. The van der Waals surface area contributed by atoms with Gasteiger partial charge >= 0.3 is 0 Å². The van der Waals surface area contributed by atoms with Crippen LogP contribution in [0.2, 0.25) is 0 Å². The topological polar surface area (TPSA) is 81.2 Å². The molecule has 0 spiro atoms. The molecule has 9 rings (SSSR count). The van der Waals surface area contributed by atoms with Crippen molar-refractivity contribution in [3.8, 4) is 35.0 Å². The third kappa shape index (κ3) is 4.51. The molecule has 0 saturated carbocycles. The van der Waals surface area contributed by atoms with Crippen LogP contribution in [-0.4, -0.2) is 9.13 Å². The smallest absolute Gasteiger partial charge is 0.0991 e. The van der Waals surface area contributed by atoms with E-state index in [0.717, 1.165) is 67.6 Å². The summed E-state index contributed by atoms with van der Waals surface area (Å²) in [6, 6.07) is 46.9. The molecule has 0 N–H and O–H groups in total. The molecule has 2 aromatic heterocycles. The van der Waals surface area contributed by atoms with Crippen LogP contribution in [0.4, 0.5) is 0 Å². The average molecular weight is 640 g/mol. The molecule has 2 aliphatic rings. The van der Waals surface area contributed by atoms with E-state index in [1.165, 1.54) is 16.5 Å². The minimum absolute atomic E-state index is 0.155. The first-order valence-corrected chi connectivity index (χ1v) is 16.8. The summed E-state index contributed by atoms with van der Waals surface area (Å²) < 4.78 is 4.65. The monoisotopic (exact) mass is 639 g/mol. The Morgan fingerprint density at radius 3 is 1.94 bits per heavy atom. The van der Waals surface area contributed by atoms with Crippen molar-refractivity contribution in [1.29, 1.82) is 15.8 Å². The van der Waals surface area contributed by atoms with Gasteiger partial charge in [-0.25, -0.2) is 0 Å². The molecule has 5 nitrogen and oxygen atoms in total. The van der Waals surface area contributed by atoms with E-state index in [1.54, 1.807) is 0 Å². The van der Waals surface area contributed by atoms with Gasteiger partial charge in [0.2, 0.25) is 0 Å². The molecule has 5 heteroatoms. The van der Waals surface area contributed by atoms with Gasteiger partial charge in [-0.1, -0.05) is 84.9 Å². The summed E-state index contributed by atoms with van der Waals surface area (Å²) in [7, 11) is 0. The summed E-state index contributed by atoms with van der Waals surface area (Å²) in [5, 5.41) is 33.7. The molecule has 0 saturated heterocycles. The van der Waals surface area contributed by atoms with Gasteiger partial charge in [-0.3, -0.25) is 0 Å². The second kappa shape index (κ2) is 11.7. The van der Waals surface area contributed by atoms with Crippen LogP contribution < -0.4 is 0 Å². The Bertz CT molecular complexity index is 2730. The Kier molecular flexibility index (Phi) is 6.84. The average Bonchev–Trinajstić information content (AvgIpc) is 3.70. The molecule has 1 atom stereocenters. The normalized spacial score (nSPS) is 15.5. The van der Waals surface area contributed by atoms with Crippen LogP contribution in [0.1, 0.15) is 41.1 Å². The van der Waals surface area contributed by atoms with Crippen LogP contribution in [0.25, 0.3) is 61.3 Å². The number of hydrogen-bond donors (Lipinski definition) is 0. The molecular formula is C45H29N5. The van der Waals surface area contributed by atoms with Crippen molar-refractivity contribution in [2.45, 2.75) is 25.2 Å². The van der Waals surface area contributed by atoms with E-state index < -0.39 is 0 Å². The van der Waals surface area contributed by atoms with E-state index in [-0.39, 0.29) is 5.92 Å². The minimum atomic E-state index is -0.155. The van der Waals surface area contributed by atoms with Crippen molar-refractivity contribution in [2.75, 3.05) is 0 Å². The highest BCUT2D eigenvalue weighted by Crippen LogP contribution is 2.44. The van der Waals surface area contributed by atoms with E-state index in [2.05, 4.69) is 137 Å². The van der Waals surface area contributed by atoms with Crippen molar-refractivity contribution < 1.29 is 0 Å². The van der Waals surface area contributed by atoms with Gasteiger partial charge in [0.15, 0.2) is 0 Å². The number of allylic oxidation sites excluding steroid dienone is 5. The fourth-order valence-electron chi connectivity index (χ4n) is 8.11. The quantitative estimate of drug-likeness (QED) is 0.192. The molecule has 1 unspecified atom stereocenters. The molecule has 2 aliphatic carbocycles. The SMILES string of the molecule is N#CC1=CC(c2cc(C#N)ccc2-c2ccccc2-n2c3c(c4ccccc42)C=C(C#N)CC3)CC(n2c3ccccc3c3ccccc32)=C1. The van der Waals surface area contributed by atoms with Gasteiger partial charge in [-0.15, -0.1) is 0 Å². The van der Waals surface area contributed by atoms with E-state index in [9.17, 15) is 15.8 Å². The molecule has 7 aromatic rings. The highest BCUT2D eigenvalue weighted by molar-refractivity contribution is 6.10. The summed E-state index contributed by atoms with van der Waals surface area (Å²) >= 11 is 0. The van der Waals surface area contributed by atoms with Gasteiger partial charge in [0, 0.05) is 50.2 Å². The van der Waals surface area contributed by atoms with Gasteiger partial charge in [0.05, 0.1) is 51.6 Å². The largest absolute Gasteiger partial charge is 0.313 e. The van der Waals surface area contributed by atoms with Crippen molar-refractivity contribution >= 4 is 44.5 Å². The molecule has 5 aromatic carbocycles. The Hall–Kier alpha value is -6.87. The second-order valence-corrected chi connectivity index (χ2v) is 13.0. The van der Waals surface area contributed by atoms with Crippen LogP contribution in [-0.2, 0) is 6.42 Å². The number of aromatic nitrogens is 2. The maximum absolute atomic E-state index is 10.4. The Balaban J connectivity index is 1.24. The zero-order valence-electron chi connectivity index (χ0n) is 27.1. The first kappa shape index (κ1) is 29.3. The number of rotatable bonds is 4. The minimum Gasteiger partial charge on any atom is -0.313 e. The van der Waals surface area contributed by atoms with Crippen LogP contribution in [0, 0.1) is 34.0 Å². The fourth-order valence-corrected chi connectivity index (χ4v) is 8.11. The van der Waals surface area contributed by atoms with Gasteiger partial charge in [0.1, 0.15) is 0 Å². The van der Waals surface area contributed by atoms with Crippen molar-refractivity contribution in [2.24, 2.45) is 0 Å². The maximum Gasteiger partial charge on any atom is 0.0991 e. The molecular weight excluding hydrogens is 611 g/mol. The Morgan fingerprint density at radius 2 is 1.24 bits per heavy atom. The number of benzene rings is 5. The first-order valence-electron chi connectivity index (χ1n) is 16.8.